The van der Waals surface area contributed by atoms with Crippen LogP contribution in [0, 0.1) is 11.8 Å². The van der Waals surface area contributed by atoms with Crippen LogP contribution in [0.4, 0.5) is 0 Å². The summed E-state index contributed by atoms with van der Waals surface area (Å²) in [6, 6.07) is 6.51. The number of carbonyl (C=O) groups excluding carboxylic acids is 3. The predicted octanol–water partition coefficient (Wildman–Crippen LogP) is 3.28. The molecule has 1 aromatic carbocycles. The second-order valence-electron chi connectivity index (χ2n) is 8.00. The molecule has 0 unspecified atom stereocenters. The first-order valence-corrected chi connectivity index (χ1v) is 9.73. The van der Waals surface area contributed by atoms with Crippen molar-refractivity contribution in [1.82, 2.24) is 0 Å². The maximum absolute atomic E-state index is 12.9. The van der Waals surface area contributed by atoms with Crippen LogP contribution in [0.3, 0.4) is 0 Å². The van der Waals surface area contributed by atoms with Gasteiger partial charge in [-0.3, -0.25) is 14.4 Å². The van der Waals surface area contributed by atoms with Crippen molar-refractivity contribution in [3.63, 3.8) is 0 Å². The number of hydrogen-bond acceptors (Lipinski definition) is 6. The van der Waals surface area contributed by atoms with Crippen LogP contribution >= 0.6 is 11.6 Å². The SMILES string of the molecule is CC(C)OC(=O)[C@@H]1C(=O)C[C@](C)(O)[C@@H](C(=O)OC(C)C)[C@H]1c1ccc(Cl)cc1. The standard InChI is InChI=1S/C21H27ClO6/c1-11(2)27-19(24)17-15(23)10-21(5,26)18(20(25)28-12(3)4)16(17)13-6-8-14(22)9-7-13/h6-9,11-12,16-18,26H,10H2,1-5H3/t16-,17+,18+,21-/m0/s1. The molecule has 0 aliphatic heterocycles. The largest absolute Gasteiger partial charge is 0.463 e. The number of ketones is 1. The van der Waals surface area contributed by atoms with E-state index in [1.165, 1.54) is 6.92 Å². The number of esters is 2. The summed E-state index contributed by atoms with van der Waals surface area (Å²) in [5.74, 6) is -5.09. The summed E-state index contributed by atoms with van der Waals surface area (Å²) in [7, 11) is 0. The van der Waals surface area contributed by atoms with E-state index >= 15 is 0 Å². The first-order valence-electron chi connectivity index (χ1n) is 9.35. The molecule has 1 saturated carbocycles. The van der Waals surface area contributed by atoms with E-state index in [2.05, 4.69) is 0 Å². The Morgan fingerprint density at radius 1 is 1.07 bits per heavy atom. The second kappa shape index (κ2) is 8.62. The molecule has 0 amide bonds. The summed E-state index contributed by atoms with van der Waals surface area (Å²) in [6.45, 7) is 8.18. The number of hydrogen-bond donors (Lipinski definition) is 1. The van der Waals surface area contributed by atoms with Gasteiger partial charge in [0.1, 0.15) is 5.92 Å². The molecule has 0 saturated heterocycles. The molecule has 1 aliphatic rings. The van der Waals surface area contributed by atoms with E-state index in [4.69, 9.17) is 21.1 Å². The van der Waals surface area contributed by atoms with Gasteiger partial charge in [-0.2, -0.15) is 0 Å². The lowest BCUT2D eigenvalue weighted by molar-refractivity contribution is -0.176. The van der Waals surface area contributed by atoms with Gasteiger partial charge in [-0.05, 0) is 52.3 Å². The normalized spacial score (nSPS) is 27.8. The molecule has 1 fully saturated rings. The quantitative estimate of drug-likeness (QED) is 0.591. The molecule has 0 spiro atoms. The molecule has 2 rings (SSSR count). The summed E-state index contributed by atoms with van der Waals surface area (Å²) >= 11 is 5.97. The molecule has 28 heavy (non-hydrogen) atoms. The van der Waals surface area contributed by atoms with Gasteiger partial charge in [0.25, 0.3) is 0 Å². The van der Waals surface area contributed by atoms with Crippen molar-refractivity contribution < 1.29 is 29.0 Å². The molecule has 6 nitrogen and oxygen atoms in total. The van der Waals surface area contributed by atoms with Crippen LogP contribution in [0.2, 0.25) is 5.02 Å². The van der Waals surface area contributed by atoms with Crippen LogP contribution < -0.4 is 0 Å². The Labute approximate surface area is 170 Å². The van der Waals surface area contributed by atoms with Gasteiger partial charge < -0.3 is 14.6 Å². The number of rotatable bonds is 5. The van der Waals surface area contributed by atoms with Gasteiger partial charge in [-0.15, -0.1) is 0 Å². The highest BCUT2D eigenvalue weighted by Gasteiger charge is 2.57. The van der Waals surface area contributed by atoms with Crippen molar-refractivity contribution in [2.75, 3.05) is 0 Å². The van der Waals surface area contributed by atoms with Crippen molar-refractivity contribution in [1.29, 1.82) is 0 Å². The van der Waals surface area contributed by atoms with Gasteiger partial charge in [-0.1, -0.05) is 23.7 Å². The average molecular weight is 411 g/mol. The maximum Gasteiger partial charge on any atom is 0.317 e. The van der Waals surface area contributed by atoms with Crippen molar-refractivity contribution in [3.8, 4) is 0 Å². The topological polar surface area (TPSA) is 89.9 Å². The molecule has 4 atom stereocenters. The summed E-state index contributed by atoms with van der Waals surface area (Å²) in [6.07, 6.45) is -1.17. The van der Waals surface area contributed by atoms with Crippen molar-refractivity contribution >= 4 is 29.3 Å². The molecule has 1 aliphatic carbocycles. The molecule has 1 N–H and O–H groups in total. The third-order valence-electron chi connectivity index (χ3n) is 4.73. The smallest absolute Gasteiger partial charge is 0.317 e. The Kier molecular flexibility index (Phi) is 6.88. The first kappa shape index (κ1) is 22.4. The van der Waals surface area contributed by atoms with Crippen LogP contribution in [0.25, 0.3) is 0 Å². The monoisotopic (exact) mass is 410 g/mol. The zero-order valence-corrected chi connectivity index (χ0v) is 17.5. The van der Waals surface area contributed by atoms with Crippen LogP contribution in [-0.2, 0) is 23.9 Å². The number of benzene rings is 1. The lowest BCUT2D eigenvalue weighted by Gasteiger charge is -2.44. The van der Waals surface area contributed by atoms with E-state index in [-0.39, 0.29) is 6.42 Å². The Balaban J connectivity index is 2.59. The molecular formula is C21H27ClO6. The fourth-order valence-corrected chi connectivity index (χ4v) is 3.84. The molecule has 0 radical (unpaired) electrons. The van der Waals surface area contributed by atoms with Crippen LogP contribution in [-0.4, -0.2) is 40.6 Å². The van der Waals surface area contributed by atoms with Crippen molar-refractivity contribution in [2.45, 2.75) is 64.8 Å². The molecule has 7 heteroatoms. The molecule has 154 valence electrons. The number of aliphatic hydroxyl groups is 1. The Morgan fingerprint density at radius 3 is 2.07 bits per heavy atom. The summed E-state index contributed by atoms with van der Waals surface area (Å²) in [5, 5.41) is 11.4. The van der Waals surface area contributed by atoms with Crippen LogP contribution in [0.5, 0.6) is 0 Å². The number of halogens is 1. The van der Waals surface area contributed by atoms with Gasteiger partial charge in [-0.25, -0.2) is 0 Å². The van der Waals surface area contributed by atoms with Gasteiger partial charge >= 0.3 is 11.9 Å². The number of carbonyl (C=O) groups is 3. The van der Waals surface area contributed by atoms with E-state index < -0.39 is 53.3 Å². The molecule has 0 bridgehead atoms. The molecular weight excluding hydrogens is 384 g/mol. The minimum Gasteiger partial charge on any atom is -0.463 e. The van der Waals surface area contributed by atoms with E-state index in [0.717, 1.165) is 0 Å². The second-order valence-corrected chi connectivity index (χ2v) is 8.44. The Hall–Kier alpha value is -1.92. The zero-order chi connectivity index (χ0) is 21.2. The van der Waals surface area contributed by atoms with Crippen molar-refractivity contribution in [3.05, 3.63) is 34.9 Å². The van der Waals surface area contributed by atoms with Gasteiger partial charge in [0, 0.05) is 17.4 Å². The highest BCUT2D eigenvalue weighted by atomic mass is 35.5. The summed E-state index contributed by atoms with van der Waals surface area (Å²) in [5.41, 5.74) is -1.13. The first-order chi connectivity index (χ1) is 12.9. The Bertz CT molecular complexity index is 730. The van der Waals surface area contributed by atoms with Gasteiger partial charge in [0.15, 0.2) is 5.78 Å². The third-order valence-corrected chi connectivity index (χ3v) is 4.99. The minimum absolute atomic E-state index is 0.340. The van der Waals surface area contributed by atoms with E-state index in [0.29, 0.717) is 10.6 Å². The van der Waals surface area contributed by atoms with Crippen molar-refractivity contribution in [2.24, 2.45) is 11.8 Å². The highest BCUT2D eigenvalue weighted by molar-refractivity contribution is 6.30. The van der Waals surface area contributed by atoms with Gasteiger partial charge in [0.2, 0.25) is 0 Å². The fourth-order valence-electron chi connectivity index (χ4n) is 3.71. The lowest BCUT2D eigenvalue weighted by atomic mass is 9.61. The molecule has 1 aromatic rings. The lowest BCUT2D eigenvalue weighted by Crippen LogP contribution is -2.55. The summed E-state index contributed by atoms with van der Waals surface area (Å²) in [4.78, 5) is 38.5. The highest BCUT2D eigenvalue weighted by Crippen LogP contribution is 2.47. The zero-order valence-electron chi connectivity index (χ0n) is 16.8. The summed E-state index contributed by atoms with van der Waals surface area (Å²) < 4.78 is 10.7. The average Bonchev–Trinajstić information content (AvgIpc) is 2.52. The number of Topliss-reactive ketones (excluding diaryl/α,β-unsaturated/α-hetero) is 1. The minimum atomic E-state index is -1.66. The molecule has 0 aromatic heterocycles. The van der Waals surface area contributed by atoms with Gasteiger partial charge in [0.05, 0.1) is 23.7 Å². The van der Waals surface area contributed by atoms with Crippen LogP contribution in [0.15, 0.2) is 24.3 Å². The van der Waals surface area contributed by atoms with E-state index in [1.807, 2.05) is 0 Å². The number of ether oxygens (including phenoxy) is 2. The van der Waals surface area contributed by atoms with E-state index in [9.17, 15) is 19.5 Å². The Morgan fingerprint density at radius 2 is 1.57 bits per heavy atom. The molecule has 0 heterocycles. The third kappa shape index (κ3) is 4.92. The fraction of sp³-hybridized carbons (Fsp3) is 0.571. The predicted molar refractivity (Wildman–Crippen MR) is 104 cm³/mol. The maximum atomic E-state index is 12.9. The van der Waals surface area contributed by atoms with Crippen LogP contribution in [0.1, 0.15) is 52.5 Å². The van der Waals surface area contributed by atoms with E-state index in [1.54, 1.807) is 52.0 Å².